The van der Waals surface area contributed by atoms with Crippen LogP contribution in [-0.2, 0) is 23.1 Å². The Balaban J connectivity index is 1.44. The van der Waals surface area contributed by atoms with Crippen molar-refractivity contribution in [3.8, 4) is 0 Å². The minimum atomic E-state index is -2.93. The summed E-state index contributed by atoms with van der Waals surface area (Å²) in [4.78, 5) is 3.50. The molecule has 0 unspecified atom stereocenters. The van der Waals surface area contributed by atoms with Gasteiger partial charge in [0.15, 0.2) is 14.6 Å². The number of thiophene rings is 1. The number of hydrogen-bond acceptors (Lipinski definition) is 6. The Hall–Kier alpha value is -1.03. The molecule has 2 aliphatic carbocycles. The van der Waals surface area contributed by atoms with Gasteiger partial charge in [0.25, 0.3) is 0 Å². The molecule has 6 nitrogen and oxygen atoms in total. The van der Waals surface area contributed by atoms with Crippen molar-refractivity contribution in [2.24, 2.45) is 0 Å². The van der Waals surface area contributed by atoms with Gasteiger partial charge in [-0.25, -0.2) is 13.1 Å². The lowest BCUT2D eigenvalue weighted by atomic mass is 10.2. The fourth-order valence-electron chi connectivity index (χ4n) is 3.96. The Bertz CT molecular complexity index is 984. The van der Waals surface area contributed by atoms with Gasteiger partial charge in [0.2, 0.25) is 0 Å². The highest BCUT2D eigenvalue weighted by atomic mass is 32.2. The minimum Gasteiger partial charge on any atom is -0.301 e. The zero-order valence-electron chi connectivity index (χ0n) is 15.2. The summed E-state index contributed by atoms with van der Waals surface area (Å²) < 4.78 is 29.1. The van der Waals surface area contributed by atoms with Crippen LogP contribution in [-0.4, -0.2) is 45.2 Å². The van der Waals surface area contributed by atoms with E-state index in [0.29, 0.717) is 25.0 Å². The van der Waals surface area contributed by atoms with Gasteiger partial charge in [-0.2, -0.15) is 5.10 Å². The third kappa shape index (κ3) is 3.79. The van der Waals surface area contributed by atoms with E-state index in [4.69, 9.17) is 17.3 Å². The summed E-state index contributed by atoms with van der Waals surface area (Å²) in [7, 11) is -2.93. The average Bonchev–Trinajstić information content (AvgIpc) is 3.53. The molecule has 2 aromatic heterocycles. The Kier molecular flexibility index (Phi) is 4.53. The largest absolute Gasteiger partial charge is 0.301 e. The molecule has 2 saturated carbocycles. The molecule has 3 fully saturated rings. The highest BCUT2D eigenvalue weighted by molar-refractivity contribution is 7.91. The lowest BCUT2D eigenvalue weighted by Crippen LogP contribution is -2.37. The molecule has 146 valence electrons. The Labute approximate surface area is 168 Å². The molecule has 5 rings (SSSR count). The zero-order chi connectivity index (χ0) is 18.6. The molecule has 0 N–H and O–H groups in total. The van der Waals surface area contributed by atoms with Gasteiger partial charge < -0.3 is 4.57 Å². The predicted molar refractivity (Wildman–Crippen MR) is 108 cm³/mol. The van der Waals surface area contributed by atoms with Crippen LogP contribution in [0, 0.1) is 4.77 Å². The van der Waals surface area contributed by atoms with Gasteiger partial charge in [-0.15, -0.1) is 11.3 Å². The predicted octanol–water partition coefficient (Wildman–Crippen LogP) is 3.33. The number of aromatic nitrogens is 3. The number of hydrogen-bond donors (Lipinski definition) is 0. The second kappa shape index (κ2) is 6.79. The normalized spacial score (nSPS) is 24.7. The van der Waals surface area contributed by atoms with E-state index in [1.54, 1.807) is 11.3 Å². The van der Waals surface area contributed by atoms with E-state index in [0.717, 1.165) is 17.1 Å². The molecule has 0 amide bonds. The first-order valence-corrected chi connectivity index (χ1v) is 12.8. The van der Waals surface area contributed by atoms with Gasteiger partial charge in [-0.05, 0) is 55.8 Å². The van der Waals surface area contributed by atoms with Crippen LogP contribution in [0.15, 0.2) is 17.5 Å². The second-order valence-corrected chi connectivity index (χ2v) is 11.7. The molecule has 3 heterocycles. The summed E-state index contributed by atoms with van der Waals surface area (Å²) in [5, 5.41) is 6.96. The van der Waals surface area contributed by atoms with E-state index in [2.05, 4.69) is 20.9 Å². The van der Waals surface area contributed by atoms with Crippen LogP contribution < -0.4 is 0 Å². The minimum absolute atomic E-state index is 0.0365. The quantitative estimate of drug-likeness (QED) is 0.638. The van der Waals surface area contributed by atoms with Gasteiger partial charge >= 0.3 is 0 Å². The standard InChI is InChI=1S/C18H24N4O2S3/c23-27(24)9-7-15(11-27)20(10-16-2-1-8-26-16)12-21-18(25)22(14-5-6-14)17(19-21)13-3-4-13/h1-2,8,13-15H,3-7,9-12H2/t15-/m0/s1. The van der Waals surface area contributed by atoms with Crippen LogP contribution in [0.4, 0.5) is 0 Å². The van der Waals surface area contributed by atoms with E-state index in [9.17, 15) is 8.42 Å². The van der Waals surface area contributed by atoms with E-state index in [1.165, 1.54) is 30.6 Å². The SMILES string of the molecule is O=S1(=O)CC[C@H](N(Cc2cccs2)Cn2nc(C3CC3)n(C3CC3)c2=S)C1. The van der Waals surface area contributed by atoms with Gasteiger partial charge in [0, 0.05) is 29.4 Å². The first kappa shape index (κ1) is 18.0. The van der Waals surface area contributed by atoms with Crippen molar-refractivity contribution in [2.45, 2.75) is 63.3 Å². The molecule has 1 atom stereocenters. The molecule has 3 aliphatic rings. The Morgan fingerprint density at radius 2 is 2.07 bits per heavy atom. The van der Waals surface area contributed by atoms with Crippen molar-refractivity contribution in [3.63, 3.8) is 0 Å². The topological polar surface area (TPSA) is 60.1 Å². The van der Waals surface area contributed by atoms with E-state index in [1.807, 2.05) is 10.7 Å². The van der Waals surface area contributed by atoms with Crippen LogP contribution in [0.3, 0.4) is 0 Å². The molecule has 0 aromatic carbocycles. The fraction of sp³-hybridized carbons (Fsp3) is 0.667. The van der Waals surface area contributed by atoms with Gasteiger partial charge in [-0.3, -0.25) is 4.90 Å². The summed E-state index contributed by atoms with van der Waals surface area (Å²) in [5.41, 5.74) is 0. The van der Waals surface area contributed by atoms with Gasteiger partial charge in [0.1, 0.15) is 5.82 Å². The average molecular weight is 425 g/mol. The Morgan fingerprint density at radius 3 is 2.67 bits per heavy atom. The van der Waals surface area contributed by atoms with Crippen LogP contribution in [0.5, 0.6) is 0 Å². The lowest BCUT2D eigenvalue weighted by Gasteiger charge is -2.27. The maximum atomic E-state index is 12.0. The van der Waals surface area contributed by atoms with Crippen molar-refractivity contribution >= 4 is 33.4 Å². The van der Waals surface area contributed by atoms with E-state index in [-0.39, 0.29) is 17.5 Å². The molecular weight excluding hydrogens is 400 g/mol. The van der Waals surface area contributed by atoms with Crippen molar-refractivity contribution < 1.29 is 8.42 Å². The smallest absolute Gasteiger partial charge is 0.199 e. The zero-order valence-corrected chi connectivity index (χ0v) is 17.6. The molecule has 0 bridgehead atoms. The molecule has 1 aliphatic heterocycles. The first-order chi connectivity index (χ1) is 13.0. The number of sulfone groups is 1. The lowest BCUT2D eigenvalue weighted by molar-refractivity contribution is 0.147. The van der Waals surface area contributed by atoms with Crippen molar-refractivity contribution in [2.75, 3.05) is 11.5 Å². The molecule has 27 heavy (non-hydrogen) atoms. The third-order valence-electron chi connectivity index (χ3n) is 5.73. The monoisotopic (exact) mass is 424 g/mol. The molecule has 0 spiro atoms. The maximum absolute atomic E-state index is 12.0. The highest BCUT2D eigenvalue weighted by Crippen LogP contribution is 2.44. The summed E-state index contributed by atoms with van der Waals surface area (Å²) >= 11 is 7.49. The van der Waals surface area contributed by atoms with Crippen LogP contribution in [0.2, 0.25) is 0 Å². The summed E-state index contributed by atoms with van der Waals surface area (Å²) in [6.45, 7) is 1.31. The second-order valence-electron chi connectivity index (χ2n) is 8.04. The summed E-state index contributed by atoms with van der Waals surface area (Å²) in [6, 6.07) is 4.72. The van der Waals surface area contributed by atoms with Gasteiger partial charge in [0.05, 0.1) is 18.2 Å². The van der Waals surface area contributed by atoms with Crippen LogP contribution in [0.1, 0.15) is 54.8 Å². The van der Waals surface area contributed by atoms with Crippen molar-refractivity contribution in [1.29, 1.82) is 0 Å². The number of nitrogens with zero attached hydrogens (tertiary/aromatic N) is 4. The maximum Gasteiger partial charge on any atom is 0.199 e. The molecule has 2 aromatic rings. The van der Waals surface area contributed by atoms with Crippen molar-refractivity contribution in [1.82, 2.24) is 19.2 Å². The third-order valence-corrected chi connectivity index (χ3v) is 8.75. The summed E-state index contributed by atoms with van der Waals surface area (Å²) in [5.74, 6) is 2.24. The van der Waals surface area contributed by atoms with Gasteiger partial charge in [-0.1, -0.05) is 6.07 Å². The first-order valence-electron chi connectivity index (χ1n) is 9.66. The molecule has 0 radical (unpaired) electrons. The van der Waals surface area contributed by atoms with Crippen LogP contribution >= 0.6 is 23.6 Å². The number of rotatable bonds is 7. The van der Waals surface area contributed by atoms with E-state index < -0.39 is 9.84 Å². The highest BCUT2D eigenvalue weighted by Gasteiger charge is 2.37. The van der Waals surface area contributed by atoms with Crippen molar-refractivity contribution in [3.05, 3.63) is 33.0 Å². The van der Waals surface area contributed by atoms with E-state index >= 15 is 0 Å². The molecule has 9 heteroatoms. The fourth-order valence-corrected chi connectivity index (χ4v) is 6.79. The molecule has 1 saturated heterocycles. The van der Waals surface area contributed by atoms with Crippen LogP contribution in [0.25, 0.3) is 0 Å². The Morgan fingerprint density at radius 1 is 1.26 bits per heavy atom. The summed E-state index contributed by atoms with van der Waals surface area (Å²) in [6.07, 6.45) is 5.50. The molecular formula is C18H24N4O2S3.